The zero-order valence-electron chi connectivity index (χ0n) is 9.19. The van der Waals surface area contributed by atoms with Crippen molar-refractivity contribution in [1.29, 1.82) is 5.26 Å². The maximum Gasteiger partial charge on any atom is 0.281 e. The second kappa shape index (κ2) is 5.51. The highest BCUT2D eigenvalue weighted by molar-refractivity contribution is 5.15. The van der Waals surface area contributed by atoms with Crippen molar-refractivity contribution in [3.63, 3.8) is 0 Å². The first-order chi connectivity index (χ1) is 7.56. The van der Waals surface area contributed by atoms with E-state index in [-0.39, 0.29) is 17.8 Å². The minimum absolute atomic E-state index is 0.0660. The fourth-order valence-electron chi connectivity index (χ4n) is 1.26. The van der Waals surface area contributed by atoms with Crippen LogP contribution in [0, 0.1) is 11.3 Å². The fraction of sp³-hybridized carbons (Fsp3) is 0.667. The topological polar surface area (TPSA) is 57.7 Å². The molecule has 5 nitrogen and oxygen atoms in total. The van der Waals surface area contributed by atoms with Crippen LogP contribution in [0.15, 0.2) is 0 Å². The monoisotopic (exact) mass is 229 g/mol. The van der Waals surface area contributed by atoms with E-state index in [1.54, 1.807) is 6.07 Å². The quantitative estimate of drug-likeness (QED) is 0.750. The van der Waals surface area contributed by atoms with E-state index in [9.17, 15) is 8.78 Å². The van der Waals surface area contributed by atoms with E-state index in [2.05, 4.69) is 10.3 Å². The molecule has 7 heteroatoms. The van der Waals surface area contributed by atoms with E-state index in [0.29, 0.717) is 13.1 Å². The Balaban J connectivity index is 2.88. The molecule has 0 saturated carbocycles. The summed E-state index contributed by atoms with van der Waals surface area (Å²) in [4.78, 5) is 1.86. The summed E-state index contributed by atoms with van der Waals surface area (Å²) in [5.74, 6) is 0. The molecule has 0 aliphatic rings. The molecule has 0 aromatic carbocycles. The Labute approximate surface area is 92.3 Å². The van der Waals surface area contributed by atoms with E-state index >= 15 is 0 Å². The van der Waals surface area contributed by atoms with Crippen LogP contribution in [0.25, 0.3) is 0 Å². The number of aromatic nitrogens is 3. The first-order valence-corrected chi connectivity index (χ1v) is 4.78. The highest BCUT2D eigenvalue weighted by Crippen LogP contribution is 2.21. The second-order valence-electron chi connectivity index (χ2n) is 3.58. The van der Waals surface area contributed by atoms with Crippen LogP contribution < -0.4 is 0 Å². The first-order valence-electron chi connectivity index (χ1n) is 4.78. The molecule has 1 aromatic heterocycles. The second-order valence-corrected chi connectivity index (χ2v) is 3.58. The van der Waals surface area contributed by atoms with Gasteiger partial charge in [-0.15, -0.1) is 5.10 Å². The molecule has 0 aliphatic carbocycles. The Morgan fingerprint density at radius 3 is 2.69 bits per heavy atom. The van der Waals surface area contributed by atoms with Gasteiger partial charge in [-0.2, -0.15) is 5.26 Å². The summed E-state index contributed by atoms with van der Waals surface area (Å²) in [5.41, 5.74) is -0.181. The van der Waals surface area contributed by atoms with Gasteiger partial charge in [0.2, 0.25) is 0 Å². The summed E-state index contributed by atoms with van der Waals surface area (Å²) in [6.07, 6.45) is -2.79. The van der Waals surface area contributed by atoms with Crippen LogP contribution in [0.4, 0.5) is 8.78 Å². The number of nitriles is 1. The molecule has 1 rings (SSSR count). The first kappa shape index (κ1) is 12.5. The van der Waals surface area contributed by atoms with Gasteiger partial charge in [0.05, 0.1) is 19.0 Å². The van der Waals surface area contributed by atoms with Gasteiger partial charge in [0.15, 0.2) is 0 Å². The maximum atomic E-state index is 12.7. The molecule has 1 aromatic rings. The number of alkyl halides is 2. The fourth-order valence-corrected chi connectivity index (χ4v) is 1.26. The third kappa shape index (κ3) is 2.97. The van der Waals surface area contributed by atoms with Crippen molar-refractivity contribution in [3.8, 4) is 6.07 Å². The van der Waals surface area contributed by atoms with Gasteiger partial charge in [-0.3, -0.25) is 0 Å². The summed E-state index contributed by atoms with van der Waals surface area (Å²) in [5, 5.41) is 15.7. The van der Waals surface area contributed by atoms with Crippen LogP contribution in [-0.4, -0.2) is 40.5 Å². The Bertz CT molecular complexity index is 380. The van der Waals surface area contributed by atoms with Gasteiger partial charge < -0.3 is 4.90 Å². The van der Waals surface area contributed by atoms with Crippen molar-refractivity contribution in [2.45, 2.75) is 19.4 Å². The third-order valence-electron chi connectivity index (χ3n) is 2.06. The van der Waals surface area contributed by atoms with Gasteiger partial charge in [0.25, 0.3) is 6.43 Å². The molecule has 0 atom stereocenters. The standard InChI is InChI=1S/C9H13F2N5/c1-15(2)5-6-16-8(9(10)11)7(3-4-12)13-14-16/h9H,3,5-6H2,1-2H3. The lowest BCUT2D eigenvalue weighted by atomic mass is 10.2. The number of likely N-dealkylation sites (N-methyl/N-ethyl adjacent to an activating group) is 1. The van der Waals surface area contributed by atoms with Crippen LogP contribution in [-0.2, 0) is 13.0 Å². The highest BCUT2D eigenvalue weighted by Gasteiger charge is 2.21. The summed E-state index contributed by atoms with van der Waals surface area (Å²) in [6.45, 7) is 0.931. The lowest BCUT2D eigenvalue weighted by Gasteiger charge is -2.10. The van der Waals surface area contributed by atoms with E-state index in [1.165, 1.54) is 0 Å². The van der Waals surface area contributed by atoms with Gasteiger partial charge in [-0.05, 0) is 14.1 Å². The zero-order chi connectivity index (χ0) is 12.1. The molecule has 16 heavy (non-hydrogen) atoms. The number of nitrogens with zero attached hydrogens (tertiary/aromatic N) is 5. The van der Waals surface area contributed by atoms with Crippen molar-refractivity contribution in [3.05, 3.63) is 11.4 Å². The van der Waals surface area contributed by atoms with Crippen molar-refractivity contribution in [2.75, 3.05) is 20.6 Å². The molecule has 0 spiro atoms. The predicted octanol–water partition coefficient (Wildman–Crippen LogP) is 0.843. The molecule has 88 valence electrons. The Morgan fingerprint density at radius 2 is 2.19 bits per heavy atom. The van der Waals surface area contributed by atoms with Crippen molar-refractivity contribution in [2.24, 2.45) is 0 Å². The normalized spacial score (nSPS) is 11.1. The van der Waals surface area contributed by atoms with Crippen LogP contribution in [0.5, 0.6) is 0 Å². The third-order valence-corrected chi connectivity index (χ3v) is 2.06. The van der Waals surface area contributed by atoms with Gasteiger partial charge in [-0.1, -0.05) is 5.21 Å². The Kier molecular flexibility index (Phi) is 4.31. The summed E-state index contributed by atoms with van der Waals surface area (Å²) < 4.78 is 26.7. The van der Waals surface area contributed by atoms with Gasteiger partial charge in [0.1, 0.15) is 11.4 Å². The minimum Gasteiger partial charge on any atom is -0.308 e. The van der Waals surface area contributed by atoms with Crippen molar-refractivity contribution in [1.82, 2.24) is 19.9 Å². The highest BCUT2D eigenvalue weighted by atomic mass is 19.3. The van der Waals surface area contributed by atoms with Gasteiger partial charge in [0, 0.05) is 6.54 Å². The minimum atomic E-state index is -2.65. The van der Waals surface area contributed by atoms with Crippen molar-refractivity contribution >= 4 is 0 Å². The number of hydrogen-bond donors (Lipinski definition) is 0. The molecule has 0 saturated heterocycles. The van der Waals surface area contributed by atoms with Crippen LogP contribution >= 0.6 is 0 Å². The molecular formula is C9H13F2N5. The van der Waals surface area contributed by atoms with Crippen LogP contribution in [0.3, 0.4) is 0 Å². The molecular weight excluding hydrogens is 216 g/mol. The zero-order valence-corrected chi connectivity index (χ0v) is 9.19. The average Bonchev–Trinajstić information content (AvgIpc) is 2.58. The Morgan fingerprint density at radius 1 is 1.50 bits per heavy atom. The molecule has 0 unspecified atom stereocenters. The molecule has 0 N–H and O–H groups in total. The number of rotatable bonds is 5. The summed E-state index contributed by atoms with van der Waals surface area (Å²) >= 11 is 0. The molecule has 1 heterocycles. The van der Waals surface area contributed by atoms with E-state index < -0.39 is 6.43 Å². The summed E-state index contributed by atoms with van der Waals surface area (Å²) in [6, 6.07) is 1.80. The van der Waals surface area contributed by atoms with E-state index in [4.69, 9.17) is 5.26 Å². The predicted molar refractivity (Wildman–Crippen MR) is 52.9 cm³/mol. The SMILES string of the molecule is CN(C)CCn1nnc(CC#N)c1C(F)F. The van der Waals surface area contributed by atoms with E-state index in [0.717, 1.165) is 4.68 Å². The summed E-state index contributed by atoms with van der Waals surface area (Å²) in [7, 11) is 3.68. The molecule has 0 aliphatic heterocycles. The lowest BCUT2D eigenvalue weighted by Crippen LogP contribution is -2.20. The van der Waals surface area contributed by atoms with Crippen LogP contribution in [0.1, 0.15) is 17.8 Å². The maximum absolute atomic E-state index is 12.7. The smallest absolute Gasteiger partial charge is 0.281 e. The van der Waals surface area contributed by atoms with E-state index in [1.807, 2.05) is 19.0 Å². The Hall–Kier alpha value is -1.55. The number of halogens is 2. The van der Waals surface area contributed by atoms with Gasteiger partial charge in [-0.25, -0.2) is 13.5 Å². The lowest BCUT2D eigenvalue weighted by molar-refractivity contribution is 0.137. The van der Waals surface area contributed by atoms with Crippen molar-refractivity contribution < 1.29 is 8.78 Å². The van der Waals surface area contributed by atoms with Gasteiger partial charge >= 0.3 is 0 Å². The molecule has 0 radical (unpaired) electrons. The average molecular weight is 229 g/mol. The number of hydrogen-bond acceptors (Lipinski definition) is 4. The molecule has 0 fully saturated rings. The largest absolute Gasteiger partial charge is 0.308 e. The van der Waals surface area contributed by atoms with Crippen LogP contribution in [0.2, 0.25) is 0 Å². The molecule has 0 amide bonds. The molecule has 0 bridgehead atoms.